The van der Waals surface area contributed by atoms with Crippen molar-refractivity contribution in [3.63, 3.8) is 0 Å². The van der Waals surface area contributed by atoms with Crippen LogP contribution in [0.5, 0.6) is 0 Å². The van der Waals surface area contributed by atoms with Crippen molar-refractivity contribution >= 4 is 0 Å². The predicted octanol–water partition coefficient (Wildman–Crippen LogP) is 5.13. The number of aliphatic hydroxyl groups excluding tert-OH is 1. The van der Waals surface area contributed by atoms with Gasteiger partial charge >= 0.3 is 0 Å². The summed E-state index contributed by atoms with van der Waals surface area (Å²) in [6.07, 6.45) is 4.27. The van der Waals surface area contributed by atoms with Crippen molar-refractivity contribution in [2.45, 2.75) is 38.0 Å². The third kappa shape index (κ3) is 4.36. The number of hydrogen-bond acceptors (Lipinski definition) is 3. The minimum atomic E-state index is -0.793. The van der Waals surface area contributed by atoms with Gasteiger partial charge in [-0.25, -0.2) is 13.2 Å². The smallest absolute Gasteiger partial charge is 0.126 e. The number of halogens is 3. The lowest BCUT2D eigenvalue weighted by Gasteiger charge is -2.38. The fourth-order valence-electron chi connectivity index (χ4n) is 5.01. The van der Waals surface area contributed by atoms with E-state index in [0.29, 0.717) is 18.5 Å². The quantitative estimate of drug-likeness (QED) is 0.485. The lowest BCUT2D eigenvalue weighted by molar-refractivity contribution is 0.0694. The predicted molar refractivity (Wildman–Crippen MR) is 127 cm³/mol. The lowest BCUT2D eigenvalue weighted by Crippen LogP contribution is -2.49. The molecule has 0 bridgehead atoms. The van der Waals surface area contributed by atoms with Gasteiger partial charge in [0.25, 0.3) is 0 Å². The molecule has 3 nitrogen and oxygen atoms in total. The molecule has 5 rings (SSSR count). The Labute approximate surface area is 197 Å². The molecule has 3 atom stereocenters. The van der Waals surface area contributed by atoms with Gasteiger partial charge < -0.3 is 15.3 Å². The van der Waals surface area contributed by atoms with Gasteiger partial charge in [-0.15, -0.1) is 0 Å². The van der Waals surface area contributed by atoms with Crippen molar-refractivity contribution < 1.29 is 18.3 Å². The lowest BCUT2D eigenvalue weighted by atomic mass is 9.97. The van der Waals surface area contributed by atoms with Crippen LogP contribution in [0.2, 0.25) is 0 Å². The highest BCUT2D eigenvalue weighted by Gasteiger charge is 2.32. The van der Waals surface area contributed by atoms with E-state index in [4.69, 9.17) is 0 Å². The van der Waals surface area contributed by atoms with E-state index in [-0.39, 0.29) is 24.4 Å². The summed E-state index contributed by atoms with van der Waals surface area (Å²) in [5.74, 6) is -1.53. The number of nitrogens with zero attached hydrogens (tertiary/aromatic N) is 1. The molecule has 0 spiro atoms. The summed E-state index contributed by atoms with van der Waals surface area (Å²) in [6, 6.07) is 14.0. The second-order valence-electron chi connectivity index (χ2n) is 9.05. The molecular formula is C28H27F3N2O. The van der Waals surface area contributed by atoms with Crippen LogP contribution in [0.3, 0.4) is 0 Å². The Morgan fingerprint density at radius 2 is 1.68 bits per heavy atom. The van der Waals surface area contributed by atoms with Crippen LogP contribution in [0.15, 0.2) is 66.9 Å². The first-order chi connectivity index (χ1) is 16.4. The van der Waals surface area contributed by atoms with Crippen molar-refractivity contribution in [1.29, 1.82) is 0 Å². The molecule has 6 heteroatoms. The number of nitrogens with one attached hydrogen (secondary N) is 1. The van der Waals surface area contributed by atoms with E-state index in [1.807, 2.05) is 23.2 Å². The third-order valence-corrected chi connectivity index (χ3v) is 6.83. The Morgan fingerprint density at radius 1 is 0.912 bits per heavy atom. The van der Waals surface area contributed by atoms with Crippen LogP contribution in [0.4, 0.5) is 13.2 Å². The standard InChI is InChI=1S/C28H27F3N2O/c1-2-17-4-6-22-24-15-19(29)5-7-23(24)28(25(22)12-17)32-16-27(34)26(33-8-3-9-33)13-18-10-20(30)14-21(31)11-18/h3-8,10-12,14-15,26-28,32,34H,2,9,13,16H2,1H3/t26-,27+,28?/m0/s1. The molecule has 0 saturated heterocycles. The molecule has 0 amide bonds. The molecule has 1 aliphatic carbocycles. The van der Waals surface area contributed by atoms with Gasteiger partial charge in [0.2, 0.25) is 0 Å². The first-order valence-electron chi connectivity index (χ1n) is 11.6. The molecule has 2 N–H and O–H groups in total. The highest BCUT2D eigenvalue weighted by atomic mass is 19.1. The van der Waals surface area contributed by atoms with E-state index in [1.165, 1.54) is 23.8 Å². The third-order valence-electron chi connectivity index (χ3n) is 6.83. The molecule has 1 aliphatic heterocycles. The molecular weight excluding hydrogens is 437 g/mol. The zero-order chi connectivity index (χ0) is 23.8. The Kier molecular flexibility index (Phi) is 6.19. The minimum absolute atomic E-state index is 0.175. The molecule has 0 saturated carbocycles. The molecule has 3 aromatic rings. The molecule has 0 fully saturated rings. The zero-order valence-electron chi connectivity index (χ0n) is 18.9. The van der Waals surface area contributed by atoms with E-state index >= 15 is 0 Å². The number of fused-ring (bicyclic) bond motifs is 3. The SMILES string of the molecule is CCc1ccc2c(c1)C(NC[C@@H](O)[C@H](Cc1cc(F)cc(F)c1)N1C=CC1)c1ccc(F)cc1-2. The zero-order valence-corrected chi connectivity index (χ0v) is 18.9. The molecule has 2 aliphatic rings. The van der Waals surface area contributed by atoms with Gasteiger partial charge in [0.15, 0.2) is 0 Å². The number of hydrogen-bond donors (Lipinski definition) is 2. The number of aliphatic hydroxyl groups is 1. The monoisotopic (exact) mass is 464 g/mol. The number of rotatable bonds is 8. The van der Waals surface area contributed by atoms with E-state index in [1.54, 1.807) is 12.1 Å². The van der Waals surface area contributed by atoms with Crippen LogP contribution in [0, 0.1) is 17.5 Å². The fourth-order valence-corrected chi connectivity index (χ4v) is 5.01. The Balaban J connectivity index is 1.38. The second-order valence-corrected chi connectivity index (χ2v) is 9.05. The highest BCUT2D eigenvalue weighted by molar-refractivity contribution is 5.79. The maximum atomic E-state index is 14.0. The summed E-state index contributed by atoms with van der Waals surface area (Å²) in [5, 5.41) is 14.6. The summed E-state index contributed by atoms with van der Waals surface area (Å²) >= 11 is 0. The van der Waals surface area contributed by atoms with Crippen LogP contribution in [0.1, 0.15) is 35.2 Å². The van der Waals surface area contributed by atoms with Gasteiger partial charge in [-0.3, -0.25) is 0 Å². The highest BCUT2D eigenvalue weighted by Crippen LogP contribution is 2.44. The van der Waals surface area contributed by atoms with E-state index in [0.717, 1.165) is 34.7 Å². The van der Waals surface area contributed by atoms with Crippen molar-refractivity contribution in [3.8, 4) is 11.1 Å². The Hall–Kier alpha value is -3.09. The summed E-state index contributed by atoms with van der Waals surface area (Å²) in [6.45, 7) is 3.04. The Morgan fingerprint density at radius 3 is 2.35 bits per heavy atom. The average Bonchev–Trinajstić information content (AvgIpc) is 3.07. The van der Waals surface area contributed by atoms with Crippen molar-refractivity contribution in [2.75, 3.05) is 13.1 Å². The van der Waals surface area contributed by atoms with Gasteiger partial charge in [-0.2, -0.15) is 0 Å². The molecule has 1 unspecified atom stereocenters. The summed E-state index contributed by atoms with van der Waals surface area (Å²) < 4.78 is 41.5. The van der Waals surface area contributed by atoms with Gasteiger partial charge in [0.1, 0.15) is 17.5 Å². The normalized spacial score (nSPS) is 17.8. The van der Waals surface area contributed by atoms with Gasteiger partial charge in [0, 0.05) is 19.2 Å². The summed E-state index contributed by atoms with van der Waals surface area (Å²) in [4.78, 5) is 1.98. The Bertz CT molecular complexity index is 1220. The second kappa shape index (κ2) is 9.28. The fraction of sp³-hybridized carbons (Fsp3) is 0.286. The summed E-state index contributed by atoms with van der Waals surface area (Å²) in [7, 11) is 0. The largest absolute Gasteiger partial charge is 0.390 e. The minimum Gasteiger partial charge on any atom is -0.390 e. The maximum Gasteiger partial charge on any atom is 0.126 e. The molecule has 34 heavy (non-hydrogen) atoms. The molecule has 0 radical (unpaired) electrons. The van der Waals surface area contributed by atoms with Crippen LogP contribution in [-0.4, -0.2) is 35.2 Å². The average molecular weight is 465 g/mol. The molecule has 3 aromatic carbocycles. The van der Waals surface area contributed by atoms with Gasteiger partial charge in [-0.1, -0.05) is 31.2 Å². The number of aryl methyl sites for hydroxylation is 1. The van der Waals surface area contributed by atoms with Crippen molar-refractivity contribution in [1.82, 2.24) is 10.2 Å². The van der Waals surface area contributed by atoms with Crippen LogP contribution in [-0.2, 0) is 12.8 Å². The molecule has 0 aromatic heterocycles. The number of benzene rings is 3. The van der Waals surface area contributed by atoms with Crippen LogP contribution >= 0.6 is 0 Å². The van der Waals surface area contributed by atoms with Crippen molar-refractivity contribution in [2.24, 2.45) is 0 Å². The van der Waals surface area contributed by atoms with E-state index in [9.17, 15) is 18.3 Å². The van der Waals surface area contributed by atoms with Crippen molar-refractivity contribution in [3.05, 3.63) is 107 Å². The van der Waals surface area contributed by atoms with E-state index in [2.05, 4.69) is 24.4 Å². The van der Waals surface area contributed by atoms with Gasteiger partial charge in [0.05, 0.1) is 18.2 Å². The maximum absolute atomic E-state index is 14.0. The summed E-state index contributed by atoms with van der Waals surface area (Å²) in [5.41, 5.74) is 5.60. The molecule has 176 valence electrons. The first kappa shape index (κ1) is 22.7. The van der Waals surface area contributed by atoms with Crippen LogP contribution in [0.25, 0.3) is 11.1 Å². The van der Waals surface area contributed by atoms with Gasteiger partial charge in [-0.05, 0) is 82.8 Å². The first-order valence-corrected chi connectivity index (χ1v) is 11.6. The van der Waals surface area contributed by atoms with Crippen LogP contribution < -0.4 is 5.32 Å². The topological polar surface area (TPSA) is 35.5 Å². The van der Waals surface area contributed by atoms with E-state index < -0.39 is 17.7 Å². The molecule has 1 heterocycles.